The molecule has 0 saturated carbocycles. The highest BCUT2D eigenvalue weighted by Gasteiger charge is 2.41. The summed E-state index contributed by atoms with van der Waals surface area (Å²) in [6, 6.07) is 1.61. The maximum atomic E-state index is 6.15. The summed E-state index contributed by atoms with van der Waals surface area (Å²) in [5, 5.41) is 0. The minimum atomic E-state index is -2.55. The first kappa shape index (κ1) is 42.5. The Morgan fingerprint density at radius 1 is 0.450 bits per heavy atom. The predicted molar refractivity (Wildman–Crippen MR) is 175 cm³/mol. The van der Waals surface area contributed by atoms with Crippen LogP contribution in [0.3, 0.4) is 0 Å². The average molecular weight is 609 g/mol. The number of unbranched alkanes of at least 4 members (excludes halogenated alkanes) is 16. The Labute approximate surface area is 260 Å². The molecule has 0 aromatic rings. The molecular formula is C34H74ClNO3Si. The topological polar surface area (TPSA) is 27.7 Å². The van der Waals surface area contributed by atoms with Gasteiger partial charge in [0.1, 0.15) is 0 Å². The van der Waals surface area contributed by atoms with Crippen LogP contribution in [0.2, 0.25) is 6.04 Å². The highest BCUT2D eigenvalue weighted by atomic mass is 35.5. The Bertz CT molecular complexity index is 495. The third-order valence-electron chi connectivity index (χ3n) is 8.69. The molecule has 0 bridgehead atoms. The van der Waals surface area contributed by atoms with E-state index in [0.29, 0.717) is 25.9 Å². The normalized spacial score (nSPS) is 13.5. The molecule has 0 aromatic carbocycles. The molecule has 0 fully saturated rings. The molecule has 0 N–H and O–H groups in total. The summed E-state index contributed by atoms with van der Waals surface area (Å²) in [5.74, 6) is 0. The van der Waals surface area contributed by atoms with Crippen LogP contribution >= 0.6 is 0 Å². The fraction of sp³-hybridized carbons (Fsp3) is 1.00. The molecule has 0 spiro atoms. The fourth-order valence-electron chi connectivity index (χ4n) is 6.17. The summed E-state index contributed by atoms with van der Waals surface area (Å²) < 4.78 is 19.7. The lowest BCUT2D eigenvalue weighted by Crippen LogP contribution is -3.00. The van der Waals surface area contributed by atoms with E-state index in [1.165, 1.54) is 140 Å². The van der Waals surface area contributed by atoms with Gasteiger partial charge < -0.3 is 30.2 Å². The van der Waals surface area contributed by atoms with Gasteiger partial charge in [0, 0.05) is 32.3 Å². The van der Waals surface area contributed by atoms with Crippen molar-refractivity contribution in [1.82, 2.24) is 0 Å². The zero-order valence-corrected chi connectivity index (χ0v) is 30.3. The van der Waals surface area contributed by atoms with E-state index < -0.39 is 8.80 Å². The molecule has 0 aliphatic rings. The largest absolute Gasteiger partial charge is 1.00 e. The first-order valence-corrected chi connectivity index (χ1v) is 19.7. The van der Waals surface area contributed by atoms with Crippen LogP contribution in [0.5, 0.6) is 0 Å². The van der Waals surface area contributed by atoms with Gasteiger partial charge in [-0.15, -0.1) is 0 Å². The zero-order chi connectivity index (χ0) is 29.1. The van der Waals surface area contributed by atoms with Crippen LogP contribution in [0.1, 0.15) is 170 Å². The number of hydrogen-bond acceptors (Lipinski definition) is 3. The lowest BCUT2D eigenvalue weighted by atomic mass is 10.0. The maximum absolute atomic E-state index is 6.15. The molecule has 1 atom stereocenters. The summed E-state index contributed by atoms with van der Waals surface area (Å²) in [6.45, 7) is 21.6. The van der Waals surface area contributed by atoms with Crippen molar-refractivity contribution in [2.45, 2.75) is 183 Å². The van der Waals surface area contributed by atoms with Gasteiger partial charge in [-0.1, -0.05) is 110 Å². The van der Waals surface area contributed by atoms with Crippen molar-refractivity contribution < 1.29 is 30.2 Å². The van der Waals surface area contributed by atoms with E-state index in [1.807, 2.05) is 0 Å². The van der Waals surface area contributed by atoms with Gasteiger partial charge in [-0.05, 0) is 53.9 Å². The predicted octanol–water partition coefficient (Wildman–Crippen LogP) is 7.72. The van der Waals surface area contributed by atoms with Gasteiger partial charge in [0.25, 0.3) is 0 Å². The molecule has 0 heterocycles. The lowest BCUT2D eigenvalue weighted by Gasteiger charge is -2.43. The Morgan fingerprint density at radius 3 is 1.12 bits per heavy atom. The number of quaternary nitrogens is 1. The number of nitrogens with zero attached hydrogens (tertiary/aromatic N) is 1. The molecule has 244 valence electrons. The number of halogens is 1. The number of rotatable bonds is 31. The van der Waals surface area contributed by atoms with Crippen molar-refractivity contribution in [3.05, 3.63) is 0 Å². The average Bonchev–Trinajstić information content (AvgIpc) is 2.91. The van der Waals surface area contributed by atoms with Crippen LogP contribution in [-0.2, 0) is 13.3 Å². The van der Waals surface area contributed by atoms with Crippen molar-refractivity contribution in [2.24, 2.45) is 0 Å². The minimum absolute atomic E-state index is 0. The van der Waals surface area contributed by atoms with Crippen molar-refractivity contribution in [3.63, 3.8) is 0 Å². The summed E-state index contributed by atoms with van der Waals surface area (Å²) in [6.07, 6.45) is 26.7. The van der Waals surface area contributed by atoms with Gasteiger partial charge in [-0.3, -0.25) is 0 Å². The summed E-state index contributed by atoms with van der Waals surface area (Å²) >= 11 is 0. The van der Waals surface area contributed by atoms with Crippen LogP contribution < -0.4 is 12.4 Å². The van der Waals surface area contributed by atoms with Crippen LogP contribution in [0.25, 0.3) is 0 Å². The summed E-state index contributed by atoms with van der Waals surface area (Å²) in [7, 11) is -2.55. The number of hydrogen-bond donors (Lipinski definition) is 0. The van der Waals surface area contributed by atoms with Crippen molar-refractivity contribution in [2.75, 3.05) is 39.5 Å². The van der Waals surface area contributed by atoms with Gasteiger partial charge in [-0.2, -0.15) is 0 Å². The third-order valence-corrected chi connectivity index (χ3v) is 11.8. The zero-order valence-electron chi connectivity index (χ0n) is 28.5. The lowest BCUT2D eigenvalue weighted by molar-refractivity contribution is -0.948. The van der Waals surface area contributed by atoms with Gasteiger partial charge >= 0.3 is 8.80 Å². The second kappa shape index (κ2) is 29.4. The van der Waals surface area contributed by atoms with E-state index in [1.54, 1.807) is 0 Å². The summed E-state index contributed by atoms with van der Waals surface area (Å²) in [4.78, 5) is 0. The fourth-order valence-corrected chi connectivity index (χ4v) is 8.76. The van der Waals surface area contributed by atoms with E-state index in [0.717, 1.165) is 12.5 Å². The van der Waals surface area contributed by atoms with Crippen LogP contribution in [0.4, 0.5) is 0 Å². The molecule has 1 unspecified atom stereocenters. The molecule has 0 saturated heterocycles. The van der Waals surface area contributed by atoms with Gasteiger partial charge in [-0.25, -0.2) is 0 Å². The van der Waals surface area contributed by atoms with E-state index in [2.05, 4.69) is 48.5 Å². The second-order valence-electron chi connectivity index (χ2n) is 12.2. The molecular weight excluding hydrogens is 534 g/mol. The molecule has 0 rings (SSSR count). The molecule has 40 heavy (non-hydrogen) atoms. The standard InChI is InChI=1S/C34H74NO3Si.ClH/c1-8-13-15-16-17-18-19-20-21-22-23-24-25-26-27-28-31-35(34(6)7,30-14-9-2)32-29-33-39(36-10-3,37-11-4)38-12-5;/h34H,8-33H2,1-7H3;1H/q+1;/p-1. The Morgan fingerprint density at radius 2 is 0.775 bits per heavy atom. The SMILES string of the molecule is CCCCCCCCCCCCCCCCCC[N+](CCCC)(CCC[Si](OCC)(OCC)OCC)C(C)C.[Cl-]. The van der Waals surface area contributed by atoms with Crippen molar-refractivity contribution in [3.8, 4) is 0 Å². The first-order chi connectivity index (χ1) is 19.0. The molecule has 0 amide bonds. The smallest absolute Gasteiger partial charge is 0.501 e. The minimum Gasteiger partial charge on any atom is -1.00 e. The van der Waals surface area contributed by atoms with E-state index in [4.69, 9.17) is 13.3 Å². The second-order valence-corrected chi connectivity index (χ2v) is 15.0. The molecule has 0 aliphatic carbocycles. The molecule has 6 heteroatoms. The van der Waals surface area contributed by atoms with Crippen LogP contribution in [-0.4, -0.2) is 58.8 Å². The van der Waals surface area contributed by atoms with Gasteiger partial charge in [0.15, 0.2) is 0 Å². The van der Waals surface area contributed by atoms with Crippen LogP contribution in [0, 0.1) is 0 Å². The van der Waals surface area contributed by atoms with E-state index >= 15 is 0 Å². The van der Waals surface area contributed by atoms with Gasteiger partial charge in [0.05, 0.1) is 25.7 Å². The first-order valence-electron chi connectivity index (χ1n) is 17.7. The maximum Gasteiger partial charge on any atom is 0.501 e. The molecule has 0 aromatic heterocycles. The molecule has 0 radical (unpaired) electrons. The monoisotopic (exact) mass is 608 g/mol. The summed E-state index contributed by atoms with van der Waals surface area (Å²) in [5.41, 5.74) is 0. The third kappa shape index (κ3) is 21.1. The van der Waals surface area contributed by atoms with Crippen molar-refractivity contribution in [1.29, 1.82) is 0 Å². The quantitative estimate of drug-likeness (QED) is 0.0459. The highest BCUT2D eigenvalue weighted by molar-refractivity contribution is 6.60. The van der Waals surface area contributed by atoms with Crippen molar-refractivity contribution >= 4 is 8.80 Å². The Hall–Kier alpha value is 0.347. The van der Waals surface area contributed by atoms with E-state index in [-0.39, 0.29) is 12.4 Å². The van der Waals surface area contributed by atoms with Crippen LogP contribution in [0.15, 0.2) is 0 Å². The molecule has 4 nitrogen and oxygen atoms in total. The van der Waals surface area contributed by atoms with Gasteiger partial charge in [0.2, 0.25) is 0 Å². The Balaban J connectivity index is 0. The highest BCUT2D eigenvalue weighted by Crippen LogP contribution is 2.24. The van der Waals surface area contributed by atoms with E-state index in [9.17, 15) is 0 Å². The molecule has 0 aliphatic heterocycles. The Kier molecular flexibility index (Phi) is 31.2.